The first-order valence-corrected chi connectivity index (χ1v) is 10.9. The topological polar surface area (TPSA) is 102 Å². The average molecular weight is 494 g/mol. The molecule has 0 unspecified atom stereocenters. The third-order valence-electron chi connectivity index (χ3n) is 5.65. The van der Waals surface area contributed by atoms with Crippen molar-refractivity contribution in [3.8, 4) is 0 Å². The van der Waals surface area contributed by atoms with E-state index in [0.717, 1.165) is 5.56 Å². The number of halogens is 4. The molecule has 1 amide bonds. The van der Waals surface area contributed by atoms with Gasteiger partial charge < -0.3 is 15.0 Å². The minimum atomic E-state index is -4.69. The number of ether oxygens (including phenoxy) is 1. The van der Waals surface area contributed by atoms with E-state index in [4.69, 9.17) is 4.74 Å². The molecule has 3 aromatic rings. The van der Waals surface area contributed by atoms with E-state index >= 15 is 0 Å². The average Bonchev–Trinajstić information content (AvgIpc) is 3.28. The first-order chi connectivity index (χ1) is 16.7. The quantitative estimate of drug-likeness (QED) is 0.398. The molecule has 1 saturated heterocycles. The minimum Gasteiger partial charge on any atom is -0.455 e. The molecule has 1 N–H and O–H groups in total. The Bertz CT molecular complexity index is 1190. The number of amides is 1. The summed E-state index contributed by atoms with van der Waals surface area (Å²) < 4.78 is 57.9. The number of fused-ring (bicyclic) bond motifs is 1. The van der Waals surface area contributed by atoms with Crippen LogP contribution in [0.25, 0.3) is 5.65 Å². The summed E-state index contributed by atoms with van der Waals surface area (Å²) in [6.45, 7) is 0.673. The molecule has 4 rings (SSSR count). The highest BCUT2D eigenvalue weighted by Gasteiger charge is 2.38. The molecule has 1 fully saturated rings. The molecule has 186 valence electrons. The van der Waals surface area contributed by atoms with Crippen LogP contribution in [0.1, 0.15) is 24.2 Å². The molecule has 3 heterocycles. The fourth-order valence-corrected chi connectivity index (χ4v) is 3.77. The maximum atomic E-state index is 13.1. The Morgan fingerprint density at radius 1 is 1.06 bits per heavy atom. The number of nitrogens with zero attached hydrogens (tertiary/aromatic N) is 5. The van der Waals surface area contributed by atoms with E-state index in [1.807, 2.05) is 0 Å². The molecular weight excluding hydrogens is 472 g/mol. The second kappa shape index (κ2) is 10.2. The lowest BCUT2D eigenvalue weighted by Crippen LogP contribution is -2.38. The van der Waals surface area contributed by atoms with Crippen molar-refractivity contribution in [1.82, 2.24) is 25.1 Å². The number of hydrogen-bond donors (Lipinski definition) is 1. The van der Waals surface area contributed by atoms with E-state index in [1.54, 1.807) is 23.1 Å². The molecule has 0 saturated carbocycles. The Morgan fingerprint density at radius 2 is 1.77 bits per heavy atom. The normalized spacial score (nSPS) is 14.8. The first kappa shape index (κ1) is 24.4. The number of alkyl halides is 3. The summed E-state index contributed by atoms with van der Waals surface area (Å²) in [5.41, 5.74) is 0.846. The smallest absolute Gasteiger partial charge is 0.453 e. The summed E-state index contributed by atoms with van der Waals surface area (Å²) in [6.07, 6.45) is -3.37. The SMILES string of the molecule is O=C(COC(=O)C1CCN(c2ccc3nnc(C(F)(F)F)n3n2)CC1)NCCc1ccc(F)cc1. The van der Waals surface area contributed by atoms with Crippen LogP contribution >= 0.6 is 0 Å². The number of piperidine rings is 1. The van der Waals surface area contributed by atoms with Gasteiger partial charge in [0, 0.05) is 19.6 Å². The zero-order valence-electron chi connectivity index (χ0n) is 18.5. The van der Waals surface area contributed by atoms with Crippen molar-refractivity contribution in [1.29, 1.82) is 0 Å². The highest BCUT2D eigenvalue weighted by Crippen LogP contribution is 2.28. The number of rotatable bonds is 7. The fraction of sp³-hybridized carbons (Fsp3) is 0.409. The van der Waals surface area contributed by atoms with Crippen LogP contribution in [0.4, 0.5) is 23.4 Å². The number of hydrogen-bond acceptors (Lipinski definition) is 7. The molecule has 0 radical (unpaired) electrons. The van der Waals surface area contributed by atoms with Crippen molar-refractivity contribution in [2.45, 2.75) is 25.4 Å². The first-order valence-electron chi connectivity index (χ1n) is 10.9. The molecule has 9 nitrogen and oxygen atoms in total. The van der Waals surface area contributed by atoms with Crippen molar-refractivity contribution >= 4 is 23.3 Å². The van der Waals surface area contributed by atoms with Gasteiger partial charge in [0.15, 0.2) is 12.3 Å². The zero-order valence-corrected chi connectivity index (χ0v) is 18.5. The lowest BCUT2D eigenvalue weighted by molar-refractivity contribution is -0.153. The number of carbonyl (C=O) groups is 2. The Balaban J connectivity index is 1.22. The van der Waals surface area contributed by atoms with Gasteiger partial charge in [0.1, 0.15) is 11.6 Å². The summed E-state index contributed by atoms with van der Waals surface area (Å²) in [7, 11) is 0. The van der Waals surface area contributed by atoms with Crippen molar-refractivity contribution in [2.24, 2.45) is 5.92 Å². The van der Waals surface area contributed by atoms with E-state index in [1.165, 1.54) is 18.2 Å². The molecule has 0 atom stereocenters. The summed E-state index contributed by atoms with van der Waals surface area (Å²) in [6, 6.07) is 8.89. The fourth-order valence-electron chi connectivity index (χ4n) is 3.77. The van der Waals surface area contributed by atoms with Crippen LogP contribution in [0, 0.1) is 11.7 Å². The molecule has 2 aromatic heterocycles. The van der Waals surface area contributed by atoms with Crippen LogP contribution < -0.4 is 10.2 Å². The molecule has 0 spiro atoms. The van der Waals surface area contributed by atoms with E-state index < -0.39 is 36.4 Å². The van der Waals surface area contributed by atoms with Gasteiger partial charge in [-0.05, 0) is 49.1 Å². The third-order valence-corrected chi connectivity index (χ3v) is 5.65. The number of aromatic nitrogens is 4. The molecule has 35 heavy (non-hydrogen) atoms. The molecule has 1 aromatic carbocycles. The highest BCUT2D eigenvalue weighted by molar-refractivity contribution is 5.81. The predicted molar refractivity (Wildman–Crippen MR) is 115 cm³/mol. The third kappa shape index (κ3) is 6.03. The van der Waals surface area contributed by atoms with Crippen LogP contribution in [0.2, 0.25) is 0 Å². The van der Waals surface area contributed by atoms with E-state index in [-0.39, 0.29) is 11.5 Å². The lowest BCUT2D eigenvalue weighted by atomic mass is 9.97. The summed E-state index contributed by atoms with van der Waals surface area (Å²) in [5, 5.41) is 13.3. The molecule has 1 aliphatic rings. The summed E-state index contributed by atoms with van der Waals surface area (Å²) in [5.74, 6) is -2.59. The predicted octanol–water partition coefficient (Wildman–Crippen LogP) is 2.40. The number of carbonyl (C=O) groups excluding carboxylic acids is 2. The van der Waals surface area contributed by atoms with Crippen LogP contribution in [0.3, 0.4) is 0 Å². The van der Waals surface area contributed by atoms with Crippen LogP contribution in [0.5, 0.6) is 0 Å². The van der Waals surface area contributed by atoms with Crippen molar-refractivity contribution < 1.29 is 31.9 Å². The van der Waals surface area contributed by atoms with Crippen LogP contribution in [-0.2, 0) is 26.9 Å². The van der Waals surface area contributed by atoms with Gasteiger partial charge in [-0.25, -0.2) is 4.39 Å². The van der Waals surface area contributed by atoms with Crippen molar-refractivity contribution in [2.75, 3.05) is 31.1 Å². The van der Waals surface area contributed by atoms with Crippen molar-refractivity contribution in [3.05, 3.63) is 53.6 Å². The second-order valence-electron chi connectivity index (χ2n) is 8.08. The van der Waals surface area contributed by atoms with Gasteiger partial charge in [-0.1, -0.05) is 12.1 Å². The van der Waals surface area contributed by atoms with Crippen LogP contribution in [-0.4, -0.2) is 57.9 Å². The van der Waals surface area contributed by atoms with Gasteiger partial charge in [0.2, 0.25) is 0 Å². The van der Waals surface area contributed by atoms with Gasteiger partial charge in [0.25, 0.3) is 11.7 Å². The second-order valence-corrected chi connectivity index (χ2v) is 8.08. The van der Waals surface area contributed by atoms with Gasteiger partial charge >= 0.3 is 12.1 Å². The Hall–Kier alpha value is -3.77. The van der Waals surface area contributed by atoms with E-state index in [2.05, 4.69) is 20.6 Å². The number of esters is 1. The number of anilines is 1. The monoisotopic (exact) mass is 494 g/mol. The highest BCUT2D eigenvalue weighted by atomic mass is 19.4. The molecule has 1 aliphatic heterocycles. The molecule has 13 heteroatoms. The van der Waals surface area contributed by atoms with Gasteiger partial charge in [0.05, 0.1) is 5.92 Å². The van der Waals surface area contributed by atoms with Crippen LogP contribution in [0.15, 0.2) is 36.4 Å². The Kier molecular flexibility index (Phi) is 7.12. The van der Waals surface area contributed by atoms with Gasteiger partial charge in [-0.15, -0.1) is 15.3 Å². The van der Waals surface area contributed by atoms with Crippen molar-refractivity contribution in [3.63, 3.8) is 0 Å². The molecular formula is C22H22F4N6O3. The molecule has 0 bridgehead atoms. The standard InChI is InChI=1S/C22H22F4N6O3/c23-16-3-1-14(2-4-16)7-10-27-19(33)13-35-20(34)15-8-11-31(12-9-15)18-6-5-17-28-29-21(22(24,25)26)32(17)30-18/h1-6,15H,7-13H2,(H,27,33). The Morgan fingerprint density at radius 3 is 2.46 bits per heavy atom. The largest absolute Gasteiger partial charge is 0.455 e. The summed E-state index contributed by atoms with van der Waals surface area (Å²) in [4.78, 5) is 26.1. The summed E-state index contributed by atoms with van der Waals surface area (Å²) >= 11 is 0. The van der Waals surface area contributed by atoms with Gasteiger partial charge in [-0.3, -0.25) is 9.59 Å². The Labute approximate surface area is 197 Å². The minimum absolute atomic E-state index is 0.0181. The van der Waals surface area contributed by atoms with E-state index in [9.17, 15) is 27.2 Å². The maximum Gasteiger partial charge on any atom is 0.453 e. The number of nitrogens with one attached hydrogen (secondary N) is 1. The zero-order chi connectivity index (χ0) is 25.0. The lowest BCUT2D eigenvalue weighted by Gasteiger charge is -2.31. The maximum absolute atomic E-state index is 13.1. The van der Waals surface area contributed by atoms with E-state index in [0.29, 0.717) is 49.2 Å². The number of benzene rings is 1. The molecule has 0 aliphatic carbocycles. The van der Waals surface area contributed by atoms with Gasteiger partial charge in [-0.2, -0.15) is 17.7 Å².